The minimum atomic E-state index is 0.186. The van der Waals surface area contributed by atoms with E-state index >= 15 is 0 Å². The van der Waals surface area contributed by atoms with E-state index in [1.807, 2.05) is 19.4 Å². The second kappa shape index (κ2) is 4.77. The molecule has 1 aromatic carbocycles. The molecule has 3 heteroatoms. The highest BCUT2D eigenvalue weighted by molar-refractivity contribution is 5.62. The van der Waals surface area contributed by atoms with Gasteiger partial charge in [-0.1, -0.05) is 45.0 Å². The number of rotatable bonds is 2. The van der Waals surface area contributed by atoms with Crippen LogP contribution < -0.4 is 5.32 Å². The van der Waals surface area contributed by atoms with Crippen LogP contribution in [-0.2, 0) is 5.41 Å². The Kier molecular flexibility index (Phi) is 3.32. The molecule has 1 heterocycles. The largest absolute Gasteiger partial charge is 0.357 e. The summed E-state index contributed by atoms with van der Waals surface area (Å²) in [6.45, 7) is 6.65. The van der Waals surface area contributed by atoms with E-state index < -0.39 is 0 Å². The van der Waals surface area contributed by atoms with Crippen molar-refractivity contribution in [2.75, 3.05) is 12.4 Å². The first-order valence-electron chi connectivity index (χ1n) is 6.11. The topological polar surface area (TPSA) is 37.8 Å². The van der Waals surface area contributed by atoms with Gasteiger partial charge in [0.2, 0.25) is 5.95 Å². The smallest absolute Gasteiger partial charge is 0.222 e. The molecule has 0 aliphatic carbocycles. The van der Waals surface area contributed by atoms with Crippen LogP contribution in [0, 0.1) is 0 Å². The summed E-state index contributed by atoms with van der Waals surface area (Å²) in [6, 6.07) is 8.58. The molecule has 2 rings (SSSR count). The molecule has 0 bridgehead atoms. The Balaban J connectivity index is 2.28. The second-order valence-corrected chi connectivity index (χ2v) is 5.37. The number of anilines is 1. The molecule has 0 aliphatic heterocycles. The standard InChI is InChI=1S/C15H19N3/c1-15(2,3)13-7-5-11(6-8-13)12-9-17-14(16-4)18-10-12/h5-10H,1-4H3,(H,16,17,18). The summed E-state index contributed by atoms with van der Waals surface area (Å²) >= 11 is 0. The summed E-state index contributed by atoms with van der Waals surface area (Å²) < 4.78 is 0. The lowest BCUT2D eigenvalue weighted by Crippen LogP contribution is -2.10. The Morgan fingerprint density at radius 1 is 0.889 bits per heavy atom. The van der Waals surface area contributed by atoms with Crippen molar-refractivity contribution in [1.29, 1.82) is 0 Å². The average Bonchev–Trinajstić information content (AvgIpc) is 2.38. The maximum atomic E-state index is 4.22. The van der Waals surface area contributed by atoms with Gasteiger partial charge in [-0.2, -0.15) is 0 Å². The Labute approximate surface area is 108 Å². The minimum Gasteiger partial charge on any atom is -0.357 e. The SMILES string of the molecule is CNc1ncc(-c2ccc(C(C)(C)C)cc2)cn1. The Bertz CT molecular complexity index is 507. The second-order valence-electron chi connectivity index (χ2n) is 5.37. The zero-order valence-electron chi connectivity index (χ0n) is 11.4. The van der Waals surface area contributed by atoms with Gasteiger partial charge >= 0.3 is 0 Å². The van der Waals surface area contributed by atoms with Crippen LogP contribution in [0.5, 0.6) is 0 Å². The fraction of sp³-hybridized carbons (Fsp3) is 0.333. The van der Waals surface area contributed by atoms with Gasteiger partial charge in [0.25, 0.3) is 0 Å². The molecule has 18 heavy (non-hydrogen) atoms. The number of nitrogens with one attached hydrogen (secondary N) is 1. The molecule has 0 saturated carbocycles. The van der Waals surface area contributed by atoms with Gasteiger partial charge in [0.1, 0.15) is 0 Å². The summed E-state index contributed by atoms with van der Waals surface area (Å²) in [5.41, 5.74) is 3.70. The zero-order chi connectivity index (χ0) is 13.2. The van der Waals surface area contributed by atoms with Crippen LogP contribution in [0.15, 0.2) is 36.7 Å². The monoisotopic (exact) mass is 241 g/mol. The van der Waals surface area contributed by atoms with Crippen LogP contribution in [0.2, 0.25) is 0 Å². The van der Waals surface area contributed by atoms with Gasteiger partial charge in [-0.25, -0.2) is 9.97 Å². The lowest BCUT2D eigenvalue weighted by atomic mass is 9.86. The number of hydrogen-bond donors (Lipinski definition) is 1. The van der Waals surface area contributed by atoms with E-state index in [1.54, 1.807) is 0 Å². The molecule has 0 radical (unpaired) electrons. The number of nitrogens with zero attached hydrogens (tertiary/aromatic N) is 2. The molecule has 0 aliphatic rings. The molecule has 94 valence electrons. The quantitative estimate of drug-likeness (QED) is 0.874. The summed E-state index contributed by atoms with van der Waals surface area (Å²) in [5, 5.41) is 2.91. The highest BCUT2D eigenvalue weighted by atomic mass is 15.1. The predicted molar refractivity (Wildman–Crippen MR) is 75.7 cm³/mol. The van der Waals surface area contributed by atoms with E-state index in [0.29, 0.717) is 5.95 Å². The highest BCUT2D eigenvalue weighted by Gasteiger charge is 2.13. The molecule has 0 spiro atoms. The van der Waals surface area contributed by atoms with Crippen molar-refractivity contribution in [2.24, 2.45) is 0 Å². The van der Waals surface area contributed by atoms with Gasteiger partial charge in [-0.15, -0.1) is 0 Å². The normalized spacial score (nSPS) is 11.3. The van der Waals surface area contributed by atoms with Gasteiger partial charge in [-0.3, -0.25) is 0 Å². The third-order valence-corrected chi connectivity index (χ3v) is 2.96. The van der Waals surface area contributed by atoms with Crippen LogP contribution in [0.3, 0.4) is 0 Å². The van der Waals surface area contributed by atoms with E-state index in [2.05, 4.69) is 60.3 Å². The number of hydrogen-bond acceptors (Lipinski definition) is 3. The van der Waals surface area contributed by atoms with Crippen molar-refractivity contribution >= 4 is 5.95 Å². The maximum Gasteiger partial charge on any atom is 0.222 e. The van der Waals surface area contributed by atoms with Gasteiger partial charge in [0.05, 0.1) is 0 Å². The first-order valence-corrected chi connectivity index (χ1v) is 6.11. The number of benzene rings is 1. The van der Waals surface area contributed by atoms with E-state index in [1.165, 1.54) is 5.56 Å². The molecule has 0 atom stereocenters. The molecule has 0 amide bonds. The van der Waals surface area contributed by atoms with E-state index in [4.69, 9.17) is 0 Å². The van der Waals surface area contributed by atoms with Gasteiger partial charge in [0.15, 0.2) is 0 Å². The lowest BCUT2D eigenvalue weighted by molar-refractivity contribution is 0.590. The van der Waals surface area contributed by atoms with E-state index in [9.17, 15) is 0 Å². The molecule has 2 aromatic rings. The van der Waals surface area contributed by atoms with E-state index in [0.717, 1.165) is 11.1 Å². The van der Waals surface area contributed by atoms with Crippen LogP contribution >= 0.6 is 0 Å². The molecular formula is C15H19N3. The Morgan fingerprint density at radius 2 is 1.44 bits per heavy atom. The molecular weight excluding hydrogens is 222 g/mol. The molecule has 0 fully saturated rings. The molecule has 0 unspecified atom stereocenters. The van der Waals surface area contributed by atoms with Crippen molar-refractivity contribution in [2.45, 2.75) is 26.2 Å². The molecule has 0 saturated heterocycles. The van der Waals surface area contributed by atoms with Crippen LogP contribution in [0.25, 0.3) is 11.1 Å². The fourth-order valence-corrected chi connectivity index (χ4v) is 1.77. The van der Waals surface area contributed by atoms with Crippen molar-refractivity contribution in [3.05, 3.63) is 42.2 Å². The van der Waals surface area contributed by atoms with Gasteiger partial charge < -0.3 is 5.32 Å². The minimum absolute atomic E-state index is 0.186. The van der Waals surface area contributed by atoms with Crippen LogP contribution in [0.1, 0.15) is 26.3 Å². The Hall–Kier alpha value is -1.90. The summed E-state index contributed by atoms with van der Waals surface area (Å²) in [7, 11) is 1.81. The van der Waals surface area contributed by atoms with Crippen molar-refractivity contribution in [3.8, 4) is 11.1 Å². The average molecular weight is 241 g/mol. The zero-order valence-corrected chi connectivity index (χ0v) is 11.4. The third kappa shape index (κ3) is 2.67. The lowest BCUT2D eigenvalue weighted by Gasteiger charge is -2.19. The molecule has 1 N–H and O–H groups in total. The molecule has 1 aromatic heterocycles. The third-order valence-electron chi connectivity index (χ3n) is 2.96. The van der Waals surface area contributed by atoms with E-state index in [-0.39, 0.29) is 5.41 Å². The van der Waals surface area contributed by atoms with Crippen molar-refractivity contribution < 1.29 is 0 Å². The molecule has 3 nitrogen and oxygen atoms in total. The van der Waals surface area contributed by atoms with Crippen LogP contribution in [-0.4, -0.2) is 17.0 Å². The fourth-order valence-electron chi connectivity index (χ4n) is 1.77. The van der Waals surface area contributed by atoms with Gasteiger partial charge in [-0.05, 0) is 16.5 Å². The first kappa shape index (κ1) is 12.6. The summed E-state index contributed by atoms with van der Waals surface area (Å²) in [4.78, 5) is 8.45. The van der Waals surface area contributed by atoms with Crippen molar-refractivity contribution in [1.82, 2.24) is 9.97 Å². The summed E-state index contributed by atoms with van der Waals surface area (Å²) in [6.07, 6.45) is 3.68. The van der Waals surface area contributed by atoms with Crippen LogP contribution in [0.4, 0.5) is 5.95 Å². The van der Waals surface area contributed by atoms with Gasteiger partial charge in [0, 0.05) is 25.0 Å². The first-order chi connectivity index (χ1) is 8.50. The highest BCUT2D eigenvalue weighted by Crippen LogP contribution is 2.25. The maximum absolute atomic E-state index is 4.22. The Morgan fingerprint density at radius 3 is 1.89 bits per heavy atom. The predicted octanol–water partition coefficient (Wildman–Crippen LogP) is 3.48. The van der Waals surface area contributed by atoms with Crippen molar-refractivity contribution in [3.63, 3.8) is 0 Å². The number of aromatic nitrogens is 2. The summed E-state index contributed by atoms with van der Waals surface area (Å²) in [5.74, 6) is 0.644.